The van der Waals surface area contributed by atoms with Gasteiger partial charge in [-0.25, -0.2) is 0 Å². The molecule has 2 aromatic carbocycles. The van der Waals surface area contributed by atoms with Crippen LogP contribution in [0.3, 0.4) is 0 Å². The fourth-order valence-corrected chi connectivity index (χ4v) is 2.88. The Morgan fingerprint density at radius 3 is 2.71 bits per heavy atom. The fourth-order valence-electron chi connectivity index (χ4n) is 2.88. The van der Waals surface area contributed by atoms with Gasteiger partial charge in [-0.05, 0) is 49.2 Å². The molecule has 0 aliphatic carbocycles. The molecule has 0 bridgehead atoms. The van der Waals surface area contributed by atoms with Crippen LogP contribution in [-0.4, -0.2) is 16.3 Å². The van der Waals surface area contributed by atoms with Crippen LogP contribution in [0, 0.1) is 18.8 Å². The van der Waals surface area contributed by atoms with E-state index in [1.54, 1.807) is 4.57 Å². The Morgan fingerprint density at radius 2 is 1.96 bits per heavy atom. The maximum Gasteiger partial charge on any atom is 0.222 e. The maximum absolute atomic E-state index is 11.1. The molecule has 0 unspecified atom stereocenters. The minimum absolute atomic E-state index is 0.0820. The highest BCUT2D eigenvalue weighted by Gasteiger charge is 2.17. The van der Waals surface area contributed by atoms with Gasteiger partial charge in [-0.3, -0.25) is 0 Å². The molecule has 1 aromatic heterocycles. The van der Waals surface area contributed by atoms with Crippen molar-refractivity contribution in [3.8, 4) is 11.6 Å². The Bertz CT molecular complexity index is 884. The number of hydrogen-bond donors (Lipinski definition) is 1. The third-order valence-electron chi connectivity index (χ3n) is 4.13. The summed E-state index contributed by atoms with van der Waals surface area (Å²) in [6.07, 6.45) is 0.706. The Morgan fingerprint density at radius 1 is 1.17 bits per heavy atom. The number of para-hydroxylation sites is 1. The first-order valence-electron chi connectivity index (χ1n) is 7.95. The highest BCUT2D eigenvalue weighted by Crippen LogP contribution is 2.38. The molecule has 0 amide bonds. The molecular formula is C19H20N2O3. The second-order valence-electron chi connectivity index (χ2n) is 5.90. The van der Waals surface area contributed by atoms with E-state index in [0.717, 1.165) is 22.4 Å². The molecule has 0 spiro atoms. The quantitative estimate of drug-likeness (QED) is 0.521. The molecule has 0 aliphatic heterocycles. The summed E-state index contributed by atoms with van der Waals surface area (Å²) >= 11 is 0. The second kappa shape index (κ2) is 6.74. The van der Waals surface area contributed by atoms with Crippen LogP contribution in [-0.2, 0) is 6.54 Å². The van der Waals surface area contributed by atoms with Gasteiger partial charge in [-0.15, -0.1) is 4.91 Å². The molecule has 24 heavy (non-hydrogen) atoms. The predicted molar refractivity (Wildman–Crippen MR) is 95.1 cm³/mol. The SMILES string of the molecule is Cc1ccc2c(c1)c(N=O)c(O)n2CCCOc1ccccc1C. The van der Waals surface area contributed by atoms with E-state index in [1.165, 1.54) is 0 Å². The van der Waals surface area contributed by atoms with E-state index in [1.807, 2.05) is 56.3 Å². The molecule has 0 aliphatic rings. The van der Waals surface area contributed by atoms with Crippen molar-refractivity contribution >= 4 is 16.6 Å². The summed E-state index contributed by atoms with van der Waals surface area (Å²) in [4.78, 5) is 11.1. The first-order valence-corrected chi connectivity index (χ1v) is 7.95. The van der Waals surface area contributed by atoms with Crippen molar-refractivity contribution in [2.75, 3.05) is 6.61 Å². The summed E-state index contributed by atoms with van der Waals surface area (Å²) in [7, 11) is 0. The highest BCUT2D eigenvalue weighted by atomic mass is 16.5. The molecule has 5 nitrogen and oxygen atoms in total. The zero-order valence-corrected chi connectivity index (χ0v) is 13.8. The van der Waals surface area contributed by atoms with Crippen molar-refractivity contribution in [1.82, 2.24) is 4.57 Å². The lowest BCUT2D eigenvalue weighted by Crippen LogP contribution is -2.04. The second-order valence-corrected chi connectivity index (χ2v) is 5.90. The number of nitrogens with zero attached hydrogens (tertiary/aromatic N) is 2. The predicted octanol–water partition coefficient (Wildman–Crippen LogP) is 4.83. The Balaban J connectivity index is 1.75. The summed E-state index contributed by atoms with van der Waals surface area (Å²) < 4.78 is 7.50. The van der Waals surface area contributed by atoms with E-state index in [9.17, 15) is 10.0 Å². The lowest BCUT2D eigenvalue weighted by atomic mass is 10.1. The summed E-state index contributed by atoms with van der Waals surface area (Å²) in [6, 6.07) is 13.6. The van der Waals surface area contributed by atoms with Gasteiger partial charge in [0.2, 0.25) is 5.88 Å². The van der Waals surface area contributed by atoms with Crippen LogP contribution < -0.4 is 4.74 Å². The molecule has 124 valence electrons. The van der Waals surface area contributed by atoms with Gasteiger partial charge in [0.1, 0.15) is 5.75 Å². The summed E-state index contributed by atoms with van der Waals surface area (Å²) in [5.74, 6) is 0.784. The molecular weight excluding hydrogens is 304 g/mol. The average Bonchev–Trinajstić information content (AvgIpc) is 2.83. The van der Waals surface area contributed by atoms with Crippen LogP contribution in [0.4, 0.5) is 5.69 Å². The molecule has 0 fully saturated rings. The number of aryl methyl sites for hydroxylation is 3. The Labute approximate surface area is 140 Å². The van der Waals surface area contributed by atoms with Gasteiger partial charge in [0.05, 0.1) is 12.1 Å². The van der Waals surface area contributed by atoms with E-state index < -0.39 is 0 Å². The van der Waals surface area contributed by atoms with Crippen LogP contribution in [0.5, 0.6) is 11.6 Å². The number of rotatable bonds is 6. The molecule has 1 heterocycles. The molecule has 5 heteroatoms. The number of hydrogen-bond acceptors (Lipinski definition) is 4. The van der Waals surface area contributed by atoms with E-state index >= 15 is 0 Å². The van der Waals surface area contributed by atoms with E-state index in [-0.39, 0.29) is 11.6 Å². The molecule has 0 saturated carbocycles. The van der Waals surface area contributed by atoms with E-state index in [2.05, 4.69) is 5.18 Å². The van der Waals surface area contributed by atoms with E-state index in [0.29, 0.717) is 25.0 Å². The van der Waals surface area contributed by atoms with Gasteiger partial charge in [0.25, 0.3) is 0 Å². The Hall–Kier alpha value is -2.82. The van der Waals surface area contributed by atoms with Crippen molar-refractivity contribution < 1.29 is 9.84 Å². The normalized spacial score (nSPS) is 10.9. The highest BCUT2D eigenvalue weighted by molar-refractivity contribution is 5.95. The lowest BCUT2D eigenvalue weighted by molar-refractivity contribution is 0.296. The number of aromatic nitrogens is 1. The maximum atomic E-state index is 11.1. The summed E-state index contributed by atoms with van der Waals surface area (Å²) in [6.45, 7) is 5.02. The third-order valence-corrected chi connectivity index (χ3v) is 4.13. The average molecular weight is 324 g/mol. The van der Waals surface area contributed by atoms with E-state index in [4.69, 9.17) is 4.74 Å². The molecule has 0 saturated heterocycles. The number of benzene rings is 2. The van der Waals surface area contributed by atoms with Gasteiger partial charge in [0.15, 0.2) is 5.69 Å². The fraction of sp³-hybridized carbons (Fsp3) is 0.263. The minimum atomic E-state index is -0.0820. The number of nitroso groups, excluding NO2 is 1. The molecule has 3 rings (SSSR count). The molecule has 1 N–H and O–H groups in total. The van der Waals surface area contributed by atoms with Crippen LogP contribution in [0.2, 0.25) is 0 Å². The topological polar surface area (TPSA) is 63.8 Å². The molecule has 0 atom stereocenters. The zero-order valence-electron chi connectivity index (χ0n) is 13.8. The third kappa shape index (κ3) is 2.97. The van der Waals surface area contributed by atoms with Gasteiger partial charge in [-0.1, -0.05) is 29.8 Å². The van der Waals surface area contributed by atoms with Crippen LogP contribution in [0.15, 0.2) is 47.6 Å². The van der Waals surface area contributed by atoms with Gasteiger partial charge >= 0.3 is 0 Å². The van der Waals surface area contributed by atoms with Crippen LogP contribution >= 0.6 is 0 Å². The first kappa shape index (κ1) is 16.1. The van der Waals surface area contributed by atoms with Crippen molar-refractivity contribution in [1.29, 1.82) is 0 Å². The van der Waals surface area contributed by atoms with Crippen LogP contribution in [0.1, 0.15) is 17.5 Å². The standard InChI is InChI=1S/C19H20N2O3/c1-13-8-9-16-15(12-13)18(20-23)19(22)21(16)10-5-11-24-17-7-4-3-6-14(17)2/h3-4,6-9,12,22H,5,10-11H2,1-2H3. The smallest absolute Gasteiger partial charge is 0.222 e. The number of aromatic hydroxyl groups is 1. The van der Waals surface area contributed by atoms with Gasteiger partial charge in [-0.2, -0.15) is 0 Å². The van der Waals surface area contributed by atoms with Crippen molar-refractivity contribution in [2.24, 2.45) is 5.18 Å². The van der Waals surface area contributed by atoms with Gasteiger partial charge in [0, 0.05) is 11.9 Å². The van der Waals surface area contributed by atoms with Gasteiger partial charge < -0.3 is 14.4 Å². The number of fused-ring (bicyclic) bond motifs is 1. The zero-order chi connectivity index (χ0) is 17.1. The van der Waals surface area contributed by atoms with Crippen molar-refractivity contribution in [3.05, 3.63) is 58.5 Å². The monoisotopic (exact) mass is 324 g/mol. The van der Waals surface area contributed by atoms with Crippen molar-refractivity contribution in [3.63, 3.8) is 0 Å². The lowest BCUT2D eigenvalue weighted by Gasteiger charge is -2.10. The first-order chi connectivity index (χ1) is 11.6. The molecule has 3 aromatic rings. The number of ether oxygens (including phenoxy) is 1. The van der Waals surface area contributed by atoms with Crippen LogP contribution in [0.25, 0.3) is 10.9 Å². The van der Waals surface area contributed by atoms with Crippen molar-refractivity contribution in [2.45, 2.75) is 26.8 Å². The summed E-state index contributed by atoms with van der Waals surface area (Å²) in [5, 5.41) is 14.0. The minimum Gasteiger partial charge on any atom is -0.493 e. The largest absolute Gasteiger partial charge is 0.493 e. The molecule has 0 radical (unpaired) electrons. The summed E-state index contributed by atoms with van der Waals surface area (Å²) in [5.41, 5.74) is 3.03. The Kier molecular flexibility index (Phi) is 4.51.